The molecule has 3 amide bonds. The molecule has 1 aliphatic carbocycles. The highest BCUT2D eigenvalue weighted by molar-refractivity contribution is 6.07. The number of nitrogens with zero attached hydrogens (tertiary/aromatic N) is 1. The molecular weight excluding hydrogens is 344 g/mol. The fourth-order valence-corrected chi connectivity index (χ4v) is 4.10. The number of aliphatic hydroxyl groups is 1. The molecule has 2 N–H and O–H groups in total. The van der Waals surface area contributed by atoms with Crippen LogP contribution in [0.25, 0.3) is 0 Å². The highest BCUT2D eigenvalue weighted by Crippen LogP contribution is 2.32. The number of carbonyl (C=O) groups excluding carboxylic acids is 2. The van der Waals surface area contributed by atoms with Crippen molar-refractivity contribution >= 4 is 11.9 Å². The van der Waals surface area contributed by atoms with Crippen LogP contribution in [0.15, 0.2) is 18.2 Å². The van der Waals surface area contributed by atoms with Gasteiger partial charge in [0.15, 0.2) is 0 Å². The van der Waals surface area contributed by atoms with E-state index in [-0.39, 0.29) is 19.1 Å². The first kappa shape index (κ1) is 19.7. The molecule has 1 unspecified atom stereocenters. The number of hydrogen-bond donors (Lipinski definition) is 2. The van der Waals surface area contributed by atoms with Gasteiger partial charge in [0, 0.05) is 0 Å². The molecule has 0 bridgehead atoms. The Balaban J connectivity index is 1.59. The summed E-state index contributed by atoms with van der Waals surface area (Å²) in [5.41, 5.74) is 1.36. The lowest BCUT2D eigenvalue weighted by molar-refractivity contribution is -0.133. The number of rotatable bonds is 5. The van der Waals surface area contributed by atoms with Gasteiger partial charge in [0.25, 0.3) is 5.91 Å². The van der Waals surface area contributed by atoms with Crippen LogP contribution >= 0.6 is 0 Å². The molecule has 6 nitrogen and oxygen atoms in total. The molecule has 0 aromatic heterocycles. The van der Waals surface area contributed by atoms with Crippen molar-refractivity contribution in [3.05, 3.63) is 29.3 Å². The lowest BCUT2D eigenvalue weighted by Crippen LogP contribution is -2.48. The van der Waals surface area contributed by atoms with Crippen molar-refractivity contribution in [3.8, 4) is 5.75 Å². The number of aliphatic hydroxyl groups excluding tert-OH is 1. The summed E-state index contributed by atoms with van der Waals surface area (Å²) in [5.74, 6) is 0.508. The van der Waals surface area contributed by atoms with E-state index < -0.39 is 17.7 Å². The summed E-state index contributed by atoms with van der Waals surface area (Å²) in [6.45, 7) is 3.95. The molecule has 1 aliphatic heterocycles. The van der Waals surface area contributed by atoms with Crippen LogP contribution in [0.3, 0.4) is 0 Å². The van der Waals surface area contributed by atoms with Gasteiger partial charge in [0.2, 0.25) is 0 Å². The first-order chi connectivity index (χ1) is 12.9. The molecular formula is C21H30N2O4. The summed E-state index contributed by atoms with van der Waals surface area (Å²) in [4.78, 5) is 26.5. The van der Waals surface area contributed by atoms with Gasteiger partial charge >= 0.3 is 6.03 Å². The van der Waals surface area contributed by atoms with Crippen molar-refractivity contribution in [2.45, 2.75) is 70.4 Å². The summed E-state index contributed by atoms with van der Waals surface area (Å²) in [6, 6.07) is 5.43. The third-order valence-electron chi connectivity index (χ3n) is 5.61. The number of amides is 3. The van der Waals surface area contributed by atoms with Crippen LogP contribution in [-0.2, 0) is 4.79 Å². The Morgan fingerprint density at radius 3 is 2.48 bits per heavy atom. The zero-order chi connectivity index (χ0) is 19.4. The smallest absolute Gasteiger partial charge is 0.325 e. The van der Waals surface area contributed by atoms with E-state index in [4.69, 9.17) is 4.74 Å². The second-order valence-corrected chi connectivity index (χ2v) is 7.93. The minimum Gasteiger partial charge on any atom is -0.491 e. The molecule has 6 heteroatoms. The maximum Gasteiger partial charge on any atom is 0.325 e. The van der Waals surface area contributed by atoms with E-state index in [0.717, 1.165) is 41.7 Å². The Morgan fingerprint density at radius 2 is 1.81 bits per heavy atom. The van der Waals surface area contributed by atoms with E-state index in [1.807, 2.05) is 32.0 Å². The van der Waals surface area contributed by atoms with Crippen LogP contribution < -0.4 is 10.1 Å². The Kier molecular flexibility index (Phi) is 6.05. The molecule has 0 radical (unpaired) electrons. The Bertz CT molecular complexity index is 695. The van der Waals surface area contributed by atoms with Crippen LogP contribution in [0, 0.1) is 13.8 Å². The van der Waals surface area contributed by atoms with Crippen LogP contribution in [0.4, 0.5) is 4.79 Å². The van der Waals surface area contributed by atoms with E-state index in [9.17, 15) is 14.7 Å². The Morgan fingerprint density at radius 1 is 1.15 bits per heavy atom. The molecule has 2 aliphatic rings. The number of hydrogen-bond acceptors (Lipinski definition) is 4. The molecule has 27 heavy (non-hydrogen) atoms. The molecule has 1 aromatic carbocycles. The van der Waals surface area contributed by atoms with Crippen molar-refractivity contribution in [2.75, 3.05) is 13.2 Å². The number of imide groups is 1. The lowest BCUT2D eigenvalue weighted by atomic mass is 9.84. The average molecular weight is 374 g/mol. The van der Waals surface area contributed by atoms with Gasteiger partial charge < -0.3 is 15.2 Å². The molecule has 3 rings (SSSR count). The van der Waals surface area contributed by atoms with Gasteiger partial charge in [0.05, 0.1) is 6.54 Å². The van der Waals surface area contributed by atoms with Crippen LogP contribution in [-0.4, -0.2) is 46.7 Å². The second kappa shape index (κ2) is 8.30. The van der Waals surface area contributed by atoms with E-state index in [2.05, 4.69) is 5.32 Å². The minimum absolute atomic E-state index is 0.0357. The molecule has 1 aromatic rings. The summed E-state index contributed by atoms with van der Waals surface area (Å²) in [5, 5.41) is 13.3. The van der Waals surface area contributed by atoms with Gasteiger partial charge in [-0.05, 0) is 38.3 Å². The van der Waals surface area contributed by atoms with Crippen LogP contribution in [0.5, 0.6) is 5.75 Å². The molecule has 148 valence electrons. The number of β-amino-alcohol motifs (C(OH)–C–C–N with tert-alkyl or cyclic N) is 1. The summed E-state index contributed by atoms with van der Waals surface area (Å²) >= 11 is 0. The van der Waals surface area contributed by atoms with Gasteiger partial charge in [-0.15, -0.1) is 0 Å². The van der Waals surface area contributed by atoms with Gasteiger partial charge in [0.1, 0.15) is 24.0 Å². The third kappa shape index (κ3) is 4.43. The SMILES string of the molecule is Cc1ccc(OCC(O)CN2C(=O)NC3(CCCCCCC3)C2=O)c(C)c1. The normalized spacial score (nSPS) is 20.9. The van der Waals surface area contributed by atoms with Crippen molar-refractivity contribution < 1.29 is 19.4 Å². The topological polar surface area (TPSA) is 78.9 Å². The standard InChI is InChI=1S/C21H30N2O4/c1-15-8-9-18(16(2)12-15)27-14-17(24)13-23-19(25)21(22-20(23)26)10-6-4-3-5-7-11-21/h8-9,12,17,24H,3-7,10-11,13-14H2,1-2H3,(H,22,26). The number of urea groups is 1. The monoisotopic (exact) mass is 374 g/mol. The first-order valence-corrected chi connectivity index (χ1v) is 9.93. The Hall–Kier alpha value is -2.08. The summed E-state index contributed by atoms with van der Waals surface area (Å²) < 4.78 is 5.69. The van der Waals surface area contributed by atoms with E-state index in [1.165, 1.54) is 6.42 Å². The van der Waals surface area contributed by atoms with Crippen LogP contribution in [0.1, 0.15) is 56.1 Å². The van der Waals surface area contributed by atoms with Gasteiger partial charge in [-0.1, -0.05) is 49.8 Å². The zero-order valence-electron chi connectivity index (χ0n) is 16.3. The van der Waals surface area contributed by atoms with Crippen LogP contribution in [0.2, 0.25) is 0 Å². The average Bonchev–Trinajstić information content (AvgIpc) is 2.82. The predicted octanol–water partition coefficient (Wildman–Crippen LogP) is 3.08. The maximum atomic E-state index is 12.9. The molecule has 2 fully saturated rings. The fourth-order valence-electron chi connectivity index (χ4n) is 4.10. The number of nitrogens with one attached hydrogen (secondary N) is 1. The first-order valence-electron chi connectivity index (χ1n) is 9.93. The molecule has 1 heterocycles. The largest absolute Gasteiger partial charge is 0.491 e. The van der Waals surface area contributed by atoms with Gasteiger partial charge in [-0.2, -0.15) is 0 Å². The highest BCUT2D eigenvalue weighted by atomic mass is 16.5. The fraction of sp³-hybridized carbons (Fsp3) is 0.619. The quantitative estimate of drug-likeness (QED) is 0.777. The molecule has 1 saturated carbocycles. The lowest BCUT2D eigenvalue weighted by Gasteiger charge is -2.28. The van der Waals surface area contributed by atoms with Crippen molar-refractivity contribution in [2.24, 2.45) is 0 Å². The summed E-state index contributed by atoms with van der Waals surface area (Å²) in [6.07, 6.45) is 5.71. The van der Waals surface area contributed by atoms with Crippen molar-refractivity contribution in [1.82, 2.24) is 10.2 Å². The van der Waals surface area contributed by atoms with E-state index in [1.54, 1.807) is 0 Å². The van der Waals surface area contributed by atoms with Crippen molar-refractivity contribution in [3.63, 3.8) is 0 Å². The third-order valence-corrected chi connectivity index (χ3v) is 5.61. The number of benzene rings is 1. The predicted molar refractivity (Wildman–Crippen MR) is 103 cm³/mol. The number of ether oxygens (including phenoxy) is 1. The second-order valence-electron chi connectivity index (χ2n) is 7.93. The van der Waals surface area contributed by atoms with E-state index in [0.29, 0.717) is 18.6 Å². The van der Waals surface area contributed by atoms with Crippen molar-refractivity contribution in [1.29, 1.82) is 0 Å². The van der Waals surface area contributed by atoms with Gasteiger partial charge in [-0.3, -0.25) is 9.69 Å². The Labute approximate surface area is 160 Å². The zero-order valence-corrected chi connectivity index (χ0v) is 16.3. The number of aryl methyl sites for hydroxylation is 2. The molecule has 1 atom stereocenters. The van der Waals surface area contributed by atoms with E-state index >= 15 is 0 Å². The molecule has 1 spiro atoms. The highest BCUT2D eigenvalue weighted by Gasteiger charge is 2.50. The number of carbonyl (C=O) groups is 2. The minimum atomic E-state index is -0.927. The summed E-state index contributed by atoms with van der Waals surface area (Å²) in [7, 11) is 0. The molecule has 1 saturated heterocycles. The maximum absolute atomic E-state index is 12.9. The van der Waals surface area contributed by atoms with Gasteiger partial charge in [-0.25, -0.2) is 4.79 Å².